The van der Waals surface area contributed by atoms with Crippen molar-refractivity contribution in [3.8, 4) is 6.07 Å². The van der Waals surface area contributed by atoms with Crippen LogP contribution in [0.25, 0.3) is 16.8 Å². The number of nitrogens with one attached hydrogen (secondary N) is 1. The minimum atomic E-state index is -0.262. The average molecular weight is 456 g/mol. The minimum absolute atomic E-state index is 0.0443. The normalized spacial score (nSPS) is 29.7. The van der Waals surface area contributed by atoms with Gasteiger partial charge < -0.3 is 5.32 Å². The molecule has 0 amide bonds. The third-order valence-corrected chi connectivity index (χ3v) is 8.53. The van der Waals surface area contributed by atoms with Crippen molar-refractivity contribution in [2.75, 3.05) is 5.32 Å². The van der Waals surface area contributed by atoms with Gasteiger partial charge in [-0.15, -0.1) is 0 Å². The molecule has 10 nitrogen and oxygen atoms in total. The maximum atomic E-state index is 13.5. The number of anilines is 2. The zero-order valence-electron chi connectivity index (χ0n) is 19.1. The van der Waals surface area contributed by atoms with Gasteiger partial charge in [0.25, 0.3) is 0 Å². The summed E-state index contributed by atoms with van der Waals surface area (Å²) in [7, 11) is 1.79. The molecule has 4 fully saturated rings. The first-order valence-corrected chi connectivity index (χ1v) is 11.9. The van der Waals surface area contributed by atoms with Crippen LogP contribution in [0.2, 0.25) is 0 Å². The SMILES string of the molecule is Cc1cc2ncnn2cc1Nc1ncc2c(n1)n(C13CC4CC(C1)C(C#N)C(C4)C3)c(=O)n2C. The quantitative estimate of drug-likeness (QED) is 0.504. The second-order valence-corrected chi connectivity index (χ2v) is 10.5. The molecule has 8 rings (SSSR count). The standard InChI is InChI=1S/C24H25N9O/c1-13-3-20-27-12-28-32(20)11-18(13)29-22-26-10-19-21(30-22)33(23(34)31(19)2)24-6-14-4-15(7-24)17(9-25)16(5-14)8-24/h3,10-12,14-17H,4-8H2,1-2H3,(H,26,29,30). The van der Waals surface area contributed by atoms with Gasteiger partial charge >= 0.3 is 5.69 Å². The molecule has 2 atom stereocenters. The van der Waals surface area contributed by atoms with Gasteiger partial charge in [-0.3, -0.25) is 9.13 Å². The number of hydrogen-bond donors (Lipinski definition) is 1. The van der Waals surface area contributed by atoms with Gasteiger partial charge in [0.1, 0.15) is 11.8 Å². The number of aromatic nitrogens is 7. The molecular weight excluding hydrogens is 430 g/mol. The second-order valence-electron chi connectivity index (χ2n) is 10.5. The average Bonchev–Trinajstić information content (AvgIpc) is 3.35. The van der Waals surface area contributed by atoms with E-state index in [1.807, 2.05) is 23.8 Å². The van der Waals surface area contributed by atoms with E-state index in [2.05, 4.69) is 26.5 Å². The van der Waals surface area contributed by atoms with E-state index >= 15 is 0 Å². The molecule has 0 saturated heterocycles. The molecule has 4 bridgehead atoms. The van der Waals surface area contributed by atoms with Gasteiger partial charge in [0.2, 0.25) is 5.95 Å². The number of imidazole rings is 1. The van der Waals surface area contributed by atoms with Crippen LogP contribution in [0.5, 0.6) is 0 Å². The molecule has 4 aliphatic rings. The third kappa shape index (κ3) is 2.58. The number of pyridine rings is 1. The number of rotatable bonds is 3. The summed E-state index contributed by atoms with van der Waals surface area (Å²) in [5, 5.41) is 17.3. The van der Waals surface area contributed by atoms with Gasteiger partial charge in [0.15, 0.2) is 11.3 Å². The summed E-state index contributed by atoms with van der Waals surface area (Å²) >= 11 is 0. The molecule has 2 unspecified atom stereocenters. The van der Waals surface area contributed by atoms with Crippen LogP contribution in [-0.2, 0) is 12.6 Å². The number of fused-ring (bicyclic) bond motifs is 2. The largest absolute Gasteiger partial charge is 0.330 e. The highest BCUT2D eigenvalue weighted by atomic mass is 16.2. The summed E-state index contributed by atoms with van der Waals surface area (Å²) in [5.74, 6) is 1.89. The Kier molecular flexibility index (Phi) is 3.86. The van der Waals surface area contributed by atoms with E-state index in [0.717, 1.165) is 54.5 Å². The van der Waals surface area contributed by atoms with Crippen LogP contribution >= 0.6 is 0 Å². The van der Waals surface area contributed by atoms with E-state index in [4.69, 9.17) is 4.98 Å². The Balaban J connectivity index is 1.34. The summed E-state index contributed by atoms with van der Waals surface area (Å²) in [5.41, 5.74) is 3.69. The second kappa shape index (κ2) is 6.65. The van der Waals surface area contributed by atoms with Crippen molar-refractivity contribution in [1.29, 1.82) is 5.26 Å². The molecule has 4 heterocycles. The Labute approximate surface area is 195 Å². The smallest absolute Gasteiger partial charge is 0.323 e. The number of hydrogen-bond acceptors (Lipinski definition) is 7. The van der Waals surface area contributed by atoms with Crippen LogP contribution in [0.1, 0.15) is 37.7 Å². The lowest BCUT2D eigenvalue weighted by Gasteiger charge is -2.58. The number of aryl methyl sites for hydroxylation is 2. The van der Waals surface area contributed by atoms with E-state index in [0.29, 0.717) is 29.3 Å². The summed E-state index contributed by atoms with van der Waals surface area (Å²) in [4.78, 5) is 27.2. The summed E-state index contributed by atoms with van der Waals surface area (Å²) in [6.07, 6.45) is 10.1. The van der Waals surface area contributed by atoms with Gasteiger partial charge in [-0.05, 0) is 68.4 Å². The lowest BCUT2D eigenvalue weighted by Crippen LogP contribution is -2.57. The maximum absolute atomic E-state index is 13.5. The summed E-state index contributed by atoms with van der Waals surface area (Å²) < 4.78 is 5.31. The number of nitriles is 1. The van der Waals surface area contributed by atoms with E-state index in [1.54, 1.807) is 22.3 Å². The van der Waals surface area contributed by atoms with E-state index < -0.39 is 0 Å². The van der Waals surface area contributed by atoms with Crippen molar-refractivity contribution in [2.24, 2.45) is 30.7 Å². The van der Waals surface area contributed by atoms with Gasteiger partial charge in [0, 0.05) is 7.05 Å². The van der Waals surface area contributed by atoms with Crippen molar-refractivity contribution >= 4 is 28.4 Å². The minimum Gasteiger partial charge on any atom is -0.323 e. The molecule has 10 heteroatoms. The molecule has 172 valence electrons. The molecule has 0 aromatic carbocycles. The Morgan fingerprint density at radius 1 is 1.21 bits per heavy atom. The summed E-state index contributed by atoms with van der Waals surface area (Å²) in [6.45, 7) is 2.00. The first-order valence-electron chi connectivity index (χ1n) is 11.9. The predicted octanol–water partition coefficient (Wildman–Crippen LogP) is 2.90. The zero-order chi connectivity index (χ0) is 23.2. The molecule has 0 aliphatic heterocycles. The molecule has 4 saturated carbocycles. The van der Waals surface area contributed by atoms with Gasteiger partial charge in [0.05, 0.1) is 35.6 Å². The lowest BCUT2D eigenvalue weighted by molar-refractivity contribution is -0.0684. The fraction of sp³-hybridized carbons (Fsp3) is 0.500. The van der Waals surface area contributed by atoms with Crippen LogP contribution in [0.4, 0.5) is 11.6 Å². The van der Waals surface area contributed by atoms with Crippen molar-refractivity contribution in [3.05, 3.63) is 40.8 Å². The van der Waals surface area contributed by atoms with Crippen LogP contribution < -0.4 is 11.0 Å². The molecule has 0 radical (unpaired) electrons. The zero-order valence-corrected chi connectivity index (χ0v) is 19.1. The highest BCUT2D eigenvalue weighted by molar-refractivity contribution is 5.73. The van der Waals surface area contributed by atoms with Gasteiger partial charge in [-0.1, -0.05) is 0 Å². The molecule has 34 heavy (non-hydrogen) atoms. The fourth-order valence-corrected chi connectivity index (χ4v) is 7.27. The molecule has 0 spiro atoms. The Hall–Kier alpha value is -3.74. The monoisotopic (exact) mass is 455 g/mol. The lowest BCUT2D eigenvalue weighted by atomic mass is 9.49. The molecule has 4 aromatic rings. The highest BCUT2D eigenvalue weighted by Gasteiger charge is 2.57. The molecule has 4 aliphatic carbocycles. The molecular formula is C24H25N9O. The maximum Gasteiger partial charge on any atom is 0.330 e. The first-order chi connectivity index (χ1) is 16.5. The van der Waals surface area contributed by atoms with Crippen molar-refractivity contribution in [2.45, 2.75) is 44.6 Å². The topological polar surface area (TPSA) is 119 Å². The van der Waals surface area contributed by atoms with E-state index in [-0.39, 0.29) is 17.1 Å². The first kappa shape index (κ1) is 19.7. The Morgan fingerprint density at radius 3 is 2.76 bits per heavy atom. The van der Waals surface area contributed by atoms with E-state index in [1.165, 1.54) is 6.33 Å². The Bertz CT molecular complexity index is 1560. The summed E-state index contributed by atoms with van der Waals surface area (Å²) in [6, 6.07) is 4.54. The van der Waals surface area contributed by atoms with Crippen molar-refractivity contribution < 1.29 is 0 Å². The van der Waals surface area contributed by atoms with Crippen LogP contribution in [-0.4, -0.2) is 33.7 Å². The van der Waals surface area contributed by atoms with Crippen LogP contribution in [0, 0.1) is 41.9 Å². The molecule has 4 aromatic heterocycles. The molecule has 1 N–H and O–H groups in total. The van der Waals surface area contributed by atoms with Crippen molar-refractivity contribution in [1.82, 2.24) is 33.7 Å². The van der Waals surface area contributed by atoms with Crippen molar-refractivity contribution in [3.63, 3.8) is 0 Å². The predicted molar refractivity (Wildman–Crippen MR) is 124 cm³/mol. The highest BCUT2D eigenvalue weighted by Crippen LogP contribution is 2.61. The number of nitrogens with zero attached hydrogens (tertiary/aromatic N) is 8. The fourth-order valence-electron chi connectivity index (χ4n) is 7.27. The Morgan fingerprint density at radius 2 is 2.00 bits per heavy atom. The van der Waals surface area contributed by atoms with Gasteiger partial charge in [-0.2, -0.15) is 15.3 Å². The van der Waals surface area contributed by atoms with Crippen LogP contribution in [0.3, 0.4) is 0 Å². The van der Waals surface area contributed by atoms with Crippen LogP contribution in [0.15, 0.2) is 29.6 Å². The van der Waals surface area contributed by atoms with Gasteiger partial charge in [-0.25, -0.2) is 19.3 Å². The van der Waals surface area contributed by atoms with E-state index in [9.17, 15) is 10.1 Å². The third-order valence-electron chi connectivity index (χ3n) is 8.53.